The lowest BCUT2D eigenvalue weighted by molar-refractivity contribution is 0.0725. The fourth-order valence-corrected chi connectivity index (χ4v) is 3.17. The summed E-state index contributed by atoms with van der Waals surface area (Å²) < 4.78 is 25.0. The third-order valence-electron chi connectivity index (χ3n) is 3.63. The van der Waals surface area contributed by atoms with Crippen LogP contribution in [0.3, 0.4) is 0 Å². The lowest BCUT2D eigenvalue weighted by Gasteiger charge is -2.10. The number of rotatable bonds is 4. The summed E-state index contributed by atoms with van der Waals surface area (Å²) in [6.45, 7) is 0. The summed E-state index contributed by atoms with van der Waals surface area (Å²) in [5, 5.41) is 0.816. The molecular formula is C20H9Cl4FO4. The molecule has 29 heavy (non-hydrogen) atoms. The Hall–Kier alpha value is -2.31. The quantitative estimate of drug-likeness (QED) is 0.306. The zero-order valence-electron chi connectivity index (χ0n) is 14.2. The summed E-state index contributed by atoms with van der Waals surface area (Å²) in [7, 11) is 0. The van der Waals surface area contributed by atoms with E-state index in [1.807, 2.05) is 0 Å². The second-order valence-electron chi connectivity index (χ2n) is 5.60. The molecule has 0 aliphatic heterocycles. The first-order valence-electron chi connectivity index (χ1n) is 7.89. The second-order valence-corrected chi connectivity index (χ2v) is 7.28. The van der Waals surface area contributed by atoms with E-state index in [2.05, 4.69) is 0 Å². The minimum Gasteiger partial charge on any atom is -0.421 e. The molecule has 0 aliphatic carbocycles. The lowest BCUT2D eigenvalue weighted by Crippen LogP contribution is -2.16. The molecule has 3 aromatic carbocycles. The average Bonchev–Trinajstić information content (AvgIpc) is 2.66. The van der Waals surface area contributed by atoms with Crippen molar-refractivity contribution in [2.45, 2.75) is 0 Å². The number of carbonyl (C=O) groups is 2. The molecular weight excluding hydrogens is 465 g/mol. The molecule has 148 valence electrons. The first-order valence-corrected chi connectivity index (χ1v) is 9.40. The molecule has 0 heterocycles. The van der Waals surface area contributed by atoms with Crippen molar-refractivity contribution in [3.05, 3.63) is 91.6 Å². The Kier molecular flexibility index (Phi) is 6.65. The van der Waals surface area contributed by atoms with Gasteiger partial charge in [-0.15, -0.1) is 0 Å². The van der Waals surface area contributed by atoms with Crippen molar-refractivity contribution < 1.29 is 23.5 Å². The Morgan fingerprint density at radius 3 is 1.48 bits per heavy atom. The van der Waals surface area contributed by atoms with Gasteiger partial charge >= 0.3 is 11.9 Å². The number of ether oxygens (including phenoxy) is 2. The van der Waals surface area contributed by atoms with Crippen LogP contribution >= 0.6 is 46.4 Å². The molecule has 0 N–H and O–H groups in total. The summed E-state index contributed by atoms with van der Waals surface area (Å²) in [5.41, 5.74) is -0.958. The van der Waals surface area contributed by atoms with Gasteiger partial charge in [-0.3, -0.25) is 0 Å². The van der Waals surface area contributed by atoms with Crippen molar-refractivity contribution in [1.82, 2.24) is 0 Å². The number of esters is 2. The lowest BCUT2D eigenvalue weighted by atomic mass is 10.1. The molecule has 0 aromatic heterocycles. The van der Waals surface area contributed by atoms with Crippen LogP contribution in [0.2, 0.25) is 20.1 Å². The zero-order chi connectivity index (χ0) is 21.1. The molecule has 0 unspecified atom stereocenters. The molecule has 9 heteroatoms. The molecule has 0 amide bonds. The molecule has 0 spiro atoms. The van der Waals surface area contributed by atoms with E-state index in [0.717, 1.165) is 12.1 Å². The van der Waals surface area contributed by atoms with Gasteiger partial charge in [-0.25, -0.2) is 14.0 Å². The Balaban J connectivity index is 1.84. The van der Waals surface area contributed by atoms with Crippen LogP contribution in [-0.4, -0.2) is 11.9 Å². The third-order valence-corrected chi connectivity index (χ3v) is 4.69. The number of carbonyl (C=O) groups excluding carboxylic acids is 2. The highest BCUT2D eigenvalue weighted by atomic mass is 35.5. The van der Waals surface area contributed by atoms with Crippen molar-refractivity contribution in [3.63, 3.8) is 0 Å². The van der Waals surface area contributed by atoms with Crippen LogP contribution in [0.4, 0.5) is 4.39 Å². The van der Waals surface area contributed by atoms with Crippen molar-refractivity contribution in [1.29, 1.82) is 0 Å². The van der Waals surface area contributed by atoms with Crippen LogP contribution in [0.1, 0.15) is 20.7 Å². The maximum absolute atomic E-state index is 14.8. The van der Waals surface area contributed by atoms with Crippen LogP contribution in [0.5, 0.6) is 11.5 Å². The highest BCUT2D eigenvalue weighted by Crippen LogP contribution is 2.30. The van der Waals surface area contributed by atoms with Gasteiger partial charge < -0.3 is 9.47 Å². The topological polar surface area (TPSA) is 52.6 Å². The van der Waals surface area contributed by atoms with Crippen molar-refractivity contribution >= 4 is 58.3 Å². The Morgan fingerprint density at radius 2 is 1.10 bits per heavy atom. The van der Waals surface area contributed by atoms with Gasteiger partial charge in [0.1, 0.15) is 11.5 Å². The third kappa shape index (κ3) is 5.00. The maximum Gasteiger partial charge on any atom is 0.346 e. The molecule has 0 radical (unpaired) electrons. The Morgan fingerprint density at radius 1 is 0.690 bits per heavy atom. The minimum absolute atomic E-state index is 0.0126. The number of halogens is 5. The molecule has 0 saturated heterocycles. The van der Waals surface area contributed by atoms with Gasteiger partial charge in [-0.05, 0) is 48.5 Å². The van der Waals surface area contributed by atoms with Crippen LogP contribution in [0.25, 0.3) is 0 Å². The largest absolute Gasteiger partial charge is 0.421 e. The molecule has 3 rings (SSSR count). The summed E-state index contributed by atoms with van der Waals surface area (Å²) in [6.07, 6.45) is 0. The maximum atomic E-state index is 14.8. The first-order chi connectivity index (χ1) is 13.8. The molecule has 3 aromatic rings. The highest BCUT2D eigenvalue weighted by Gasteiger charge is 2.23. The molecule has 0 aliphatic rings. The summed E-state index contributed by atoms with van der Waals surface area (Å²) >= 11 is 23.5. The van der Waals surface area contributed by atoms with Crippen LogP contribution < -0.4 is 9.47 Å². The zero-order valence-corrected chi connectivity index (χ0v) is 17.2. The summed E-state index contributed by atoms with van der Waals surface area (Å²) in [6, 6.07) is 12.0. The highest BCUT2D eigenvalue weighted by molar-refractivity contribution is 6.36. The van der Waals surface area contributed by atoms with Gasteiger partial charge in [-0.1, -0.05) is 52.5 Å². The van der Waals surface area contributed by atoms with Crippen LogP contribution in [0, 0.1) is 5.82 Å². The molecule has 0 saturated carbocycles. The van der Waals surface area contributed by atoms with Crippen LogP contribution in [0.15, 0.2) is 54.6 Å². The minimum atomic E-state index is -1.11. The molecule has 0 bridgehead atoms. The van der Waals surface area contributed by atoms with Gasteiger partial charge in [0.25, 0.3) is 0 Å². The Bertz CT molecular complexity index is 1030. The van der Waals surface area contributed by atoms with Gasteiger partial charge in [-0.2, -0.15) is 0 Å². The number of hydrogen-bond donors (Lipinski definition) is 0. The van der Waals surface area contributed by atoms with E-state index in [0.29, 0.717) is 10.0 Å². The SMILES string of the molecule is O=C(Oc1ccc(Cl)cc1Cl)c1cccc(C(=O)Oc2ccc(Cl)cc2Cl)c1F. The number of hydrogen-bond acceptors (Lipinski definition) is 4. The molecule has 4 nitrogen and oxygen atoms in total. The molecule has 0 atom stereocenters. The predicted octanol–water partition coefficient (Wildman–Crippen LogP) is 6.88. The summed E-state index contributed by atoms with van der Waals surface area (Å²) in [4.78, 5) is 24.7. The second kappa shape index (κ2) is 9.01. The summed E-state index contributed by atoms with van der Waals surface area (Å²) in [5.74, 6) is -3.24. The van der Waals surface area contributed by atoms with E-state index in [-0.39, 0.29) is 21.5 Å². The normalized spacial score (nSPS) is 10.5. The van der Waals surface area contributed by atoms with E-state index in [9.17, 15) is 14.0 Å². The average molecular weight is 474 g/mol. The van der Waals surface area contributed by atoms with E-state index in [4.69, 9.17) is 55.9 Å². The van der Waals surface area contributed by atoms with Crippen molar-refractivity contribution in [3.8, 4) is 11.5 Å². The number of benzene rings is 3. The van der Waals surface area contributed by atoms with Crippen LogP contribution in [-0.2, 0) is 0 Å². The van der Waals surface area contributed by atoms with Crippen molar-refractivity contribution in [2.75, 3.05) is 0 Å². The van der Waals surface area contributed by atoms with Gasteiger partial charge in [0, 0.05) is 10.0 Å². The first kappa shape index (κ1) is 21.4. The fourth-order valence-electron chi connectivity index (χ4n) is 2.27. The predicted molar refractivity (Wildman–Crippen MR) is 109 cm³/mol. The van der Waals surface area contributed by atoms with Gasteiger partial charge in [0.2, 0.25) is 0 Å². The van der Waals surface area contributed by atoms with E-state index < -0.39 is 28.9 Å². The monoisotopic (exact) mass is 472 g/mol. The fraction of sp³-hybridized carbons (Fsp3) is 0. The standard InChI is InChI=1S/C20H9Cl4FO4/c21-10-4-6-16(14(23)8-10)28-19(26)12-2-1-3-13(18(12)25)20(27)29-17-7-5-11(22)9-15(17)24/h1-9H. The van der Waals surface area contributed by atoms with E-state index in [1.165, 1.54) is 42.5 Å². The molecule has 0 fully saturated rings. The van der Waals surface area contributed by atoms with Gasteiger partial charge in [0.05, 0.1) is 21.2 Å². The van der Waals surface area contributed by atoms with Gasteiger partial charge in [0.15, 0.2) is 5.82 Å². The Labute approximate surface area is 184 Å². The van der Waals surface area contributed by atoms with E-state index >= 15 is 0 Å². The smallest absolute Gasteiger partial charge is 0.346 e. The van der Waals surface area contributed by atoms with E-state index in [1.54, 1.807) is 0 Å². The van der Waals surface area contributed by atoms with Crippen molar-refractivity contribution in [2.24, 2.45) is 0 Å².